The molecule has 0 saturated heterocycles. The third kappa shape index (κ3) is 2.92. The van der Waals surface area contributed by atoms with Gasteiger partial charge in [-0.15, -0.1) is 0 Å². The highest BCUT2D eigenvalue weighted by molar-refractivity contribution is 6.31. The second kappa shape index (κ2) is 5.82. The topological polar surface area (TPSA) is 80.6 Å². The van der Waals surface area contributed by atoms with Crippen LogP contribution in [-0.2, 0) is 4.79 Å². The summed E-state index contributed by atoms with van der Waals surface area (Å²) >= 11 is 5.94. The molecule has 2 heterocycles. The highest BCUT2D eigenvalue weighted by Crippen LogP contribution is 2.32. The minimum Gasteiger partial charge on any atom is -0.479 e. The monoisotopic (exact) mass is 356 g/mol. The molecule has 0 radical (unpaired) electrons. The molecule has 3 aromatic rings. The van der Waals surface area contributed by atoms with E-state index >= 15 is 0 Å². The standard InChI is InChI=1S/C18H13ClN2O4/c1-9-17(22)21-13-8-12(3-5-15(13)24-9)20-18(23)16-7-10-6-11(19)2-4-14(10)25-16/h2-9H,1H3,(H,20,23)(H,21,22)/t9-/m0/s1. The van der Waals surface area contributed by atoms with Crippen molar-refractivity contribution >= 4 is 45.8 Å². The van der Waals surface area contributed by atoms with Gasteiger partial charge < -0.3 is 19.8 Å². The third-order valence-corrected chi connectivity index (χ3v) is 4.11. The number of carbonyl (C=O) groups excluding carboxylic acids is 2. The van der Waals surface area contributed by atoms with Crippen LogP contribution in [0.5, 0.6) is 5.75 Å². The fourth-order valence-corrected chi connectivity index (χ4v) is 2.79. The summed E-state index contributed by atoms with van der Waals surface area (Å²) in [6.07, 6.45) is -0.546. The number of fused-ring (bicyclic) bond motifs is 2. The van der Waals surface area contributed by atoms with Gasteiger partial charge >= 0.3 is 0 Å². The van der Waals surface area contributed by atoms with Gasteiger partial charge in [0, 0.05) is 16.1 Å². The number of furan rings is 1. The average Bonchev–Trinajstić information content (AvgIpc) is 2.99. The summed E-state index contributed by atoms with van der Waals surface area (Å²) in [5, 5.41) is 6.79. The van der Waals surface area contributed by atoms with Crippen molar-refractivity contribution in [2.75, 3.05) is 10.6 Å². The molecular formula is C18H13ClN2O4. The summed E-state index contributed by atoms with van der Waals surface area (Å²) in [6.45, 7) is 1.67. The maximum absolute atomic E-state index is 12.4. The van der Waals surface area contributed by atoms with Crippen molar-refractivity contribution < 1.29 is 18.7 Å². The average molecular weight is 357 g/mol. The molecule has 0 saturated carbocycles. The number of hydrogen-bond acceptors (Lipinski definition) is 4. The summed E-state index contributed by atoms with van der Waals surface area (Å²) in [5.41, 5.74) is 1.60. The molecular weight excluding hydrogens is 344 g/mol. The van der Waals surface area contributed by atoms with Gasteiger partial charge in [0.15, 0.2) is 11.9 Å². The number of nitrogens with one attached hydrogen (secondary N) is 2. The maximum Gasteiger partial charge on any atom is 0.291 e. The van der Waals surface area contributed by atoms with Crippen LogP contribution in [0, 0.1) is 0 Å². The molecule has 1 aliphatic rings. The Morgan fingerprint density at radius 2 is 2.04 bits per heavy atom. The SMILES string of the molecule is C[C@@H]1Oc2ccc(NC(=O)c3cc4cc(Cl)ccc4o3)cc2NC1=O. The first kappa shape index (κ1) is 15.5. The Morgan fingerprint density at radius 1 is 1.20 bits per heavy atom. The predicted octanol–water partition coefficient (Wildman–Crippen LogP) is 4.06. The van der Waals surface area contributed by atoms with E-state index in [1.807, 2.05) is 0 Å². The van der Waals surface area contributed by atoms with Crippen molar-refractivity contribution in [3.63, 3.8) is 0 Å². The number of halogens is 1. The molecule has 1 aromatic heterocycles. The van der Waals surface area contributed by atoms with E-state index in [1.165, 1.54) is 0 Å². The number of rotatable bonds is 2. The second-order valence-corrected chi connectivity index (χ2v) is 6.14. The summed E-state index contributed by atoms with van der Waals surface area (Å²) in [6, 6.07) is 11.8. The third-order valence-electron chi connectivity index (χ3n) is 3.87. The molecule has 1 aliphatic heterocycles. The molecule has 4 rings (SSSR count). The first-order valence-electron chi connectivity index (χ1n) is 7.61. The highest BCUT2D eigenvalue weighted by atomic mass is 35.5. The van der Waals surface area contributed by atoms with Gasteiger partial charge in [-0.2, -0.15) is 0 Å². The molecule has 0 fully saturated rings. The minimum absolute atomic E-state index is 0.170. The highest BCUT2D eigenvalue weighted by Gasteiger charge is 2.24. The molecule has 25 heavy (non-hydrogen) atoms. The summed E-state index contributed by atoms with van der Waals surface area (Å²) in [5.74, 6) is 0.0983. The lowest BCUT2D eigenvalue weighted by Gasteiger charge is -2.23. The zero-order valence-electron chi connectivity index (χ0n) is 13.1. The largest absolute Gasteiger partial charge is 0.479 e. The normalized spacial score (nSPS) is 16.1. The maximum atomic E-state index is 12.4. The molecule has 1 atom stereocenters. The Balaban J connectivity index is 1.58. The Hall–Kier alpha value is -2.99. The van der Waals surface area contributed by atoms with Crippen LogP contribution in [0.4, 0.5) is 11.4 Å². The van der Waals surface area contributed by atoms with Gasteiger partial charge in [0.2, 0.25) is 0 Å². The van der Waals surface area contributed by atoms with Crippen molar-refractivity contribution in [1.82, 2.24) is 0 Å². The van der Waals surface area contributed by atoms with E-state index in [1.54, 1.807) is 49.4 Å². The van der Waals surface area contributed by atoms with Crippen LogP contribution >= 0.6 is 11.6 Å². The Kier molecular flexibility index (Phi) is 3.62. The van der Waals surface area contributed by atoms with Crippen LogP contribution in [0.15, 0.2) is 46.9 Å². The molecule has 0 unspecified atom stereocenters. The lowest BCUT2D eigenvalue weighted by molar-refractivity contribution is -0.122. The number of benzene rings is 2. The van der Waals surface area contributed by atoms with Gasteiger partial charge in [-0.25, -0.2) is 0 Å². The number of hydrogen-bond donors (Lipinski definition) is 2. The molecule has 0 aliphatic carbocycles. The number of carbonyl (C=O) groups is 2. The number of anilines is 2. The fourth-order valence-electron chi connectivity index (χ4n) is 2.61. The molecule has 2 N–H and O–H groups in total. The van der Waals surface area contributed by atoms with Crippen LogP contribution in [0.2, 0.25) is 5.02 Å². The van der Waals surface area contributed by atoms with E-state index in [2.05, 4.69) is 10.6 Å². The van der Waals surface area contributed by atoms with E-state index < -0.39 is 12.0 Å². The molecule has 2 amide bonds. The zero-order valence-corrected chi connectivity index (χ0v) is 13.9. The Morgan fingerprint density at radius 3 is 2.88 bits per heavy atom. The van der Waals surface area contributed by atoms with Crippen LogP contribution in [-0.4, -0.2) is 17.9 Å². The molecule has 6 nitrogen and oxygen atoms in total. The van der Waals surface area contributed by atoms with Gasteiger partial charge in [-0.3, -0.25) is 9.59 Å². The van der Waals surface area contributed by atoms with E-state index in [9.17, 15) is 9.59 Å². The first-order valence-corrected chi connectivity index (χ1v) is 7.99. The summed E-state index contributed by atoms with van der Waals surface area (Å²) < 4.78 is 11.0. The van der Waals surface area contributed by atoms with E-state index in [0.717, 1.165) is 5.39 Å². The van der Waals surface area contributed by atoms with Crippen LogP contribution < -0.4 is 15.4 Å². The van der Waals surface area contributed by atoms with Crippen LogP contribution in [0.3, 0.4) is 0 Å². The smallest absolute Gasteiger partial charge is 0.291 e. The van der Waals surface area contributed by atoms with Gasteiger partial charge in [0.05, 0.1) is 5.69 Å². The minimum atomic E-state index is -0.546. The molecule has 0 bridgehead atoms. The van der Waals surface area contributed by atoms with Gasteiger partial charge in [0.1, 0.15) is 11.3 Å². The quantitative estimate of drug-likeness (QED) is 0.725. The Bertz CT molecular complexity index is 1010. The van der Waals surface area contributed by atoms with Crippen LogP contribution in [0.1, 0.15) is 17.5 Å². The molecule has 126 valence electrons. The van der Waals surface area contributed by atoms with Crippen molar-refractivity contribution in [1.29, 1.82) is 0 Å². The van der Waals surface area contributed by atoms with E-state index in [0.29, 0.717) is 27.7 Å². The summed E-state index contributed by atoms with van der Waals surface area (Å²) in [4.78, 5) is 24.1. The van der Waals surface area contributed by atoms with E-state index in [-0.39, 0.29) is 11.7 Å². The van der Waals surface area contributed by atoms with Gasteiger partial charge in [0.25, 0.3) is 11.8 Å². The molecule has 0 spiro atoms. The number of amides is 2. The first-order chi connectivity index (χ1) is 12.0. The van der Waals surface area contributed by atoms with Crippen molar-refractivity contribution in [2.24, 2.45) is 0 Å². The van der Waals surface area contributed by atoms with Gasteiger partial charge in [-0.05, 0) is 49.4 Å². The second-order valence-electron chi connectivity index (χ2n) is 5.71. The van der Waals surface area contributed by atoms with Crippen LogP contribution in [0.25, 0.3) is 11.0 Å². The molecule has 2 aromatic carbocycles. The zero-order chi connectivity index (χ0) is 17.6. The van der Waals surface area contributed by atoms with E-state index in [4.69, 9.17) is 20.8 Å². The fraction of sp³-hybridized carbons (Fsp3) is 0.111. The Labute approximate surface area is 147 Å². The lowest BCUT2D eigenvalue weighted by atomic mass is 10.2. The summed E-state index contributed by atoms with van der Waals surface area (Å²) in [7, 11) is 0. The lowest BCUT2D eigenvalue weighted by Crippen LogP contribution is -2.34. The van der Waals surface area contributed by atoms with Crippen molar-refractivity contribution in [3.8, 4) is 5.75 Å². The van der Waals surface area contributed by atoms with Gasteiger partial charge in [-0.1, -0.05) is 11.6 Å². The molecule has 7 heteroatoms. The van der Waals surface area contributed by atoms with Crippen molar-refractivity contribution in [2.45, 2.75) is 13.0 Å². The number of ether oxygens (including phenoxy) is 1. The predicted molar refractivity (Wildman–Crippen MR) is 94.3 cm³/mol. The van der Waals surface area contributed by atoms with Crippen molar-refractivity contribution in [3.05, 3.63) is 53.2 Å².